The summed E-state index contributed by atoms with van der Waals surface area (Å²) in [5, 5.41) is 0. The molecule has 0 atom stereocenters. The van der Waals surface area contributed by atoms with Crippen molar-refractivity contribution >= 4 is 21.4 Å². The van der Waals surface area contributed by atoms with Crippen LogP contribution < -0.4 is 10.5 Å². The van der Waals surface area contributed by atoms with Gasteiger partial charge >= 0.3 is 0 Å². The van der Waals surface area contributed by atoms with Crippen LogP contribution in [0.15, 0.2) is 47.5 Å². The average Bonchev–Trinajstić information content (AvgIpc) is 2.29. The second kappa shape index (κ2) is 4.66. The molecule has 5 nitrogen and oxygen atoms in total. The molecule has 0 spiro atoms. The third-order valence-corrected chi connectivity index (χ3v) is 3.74. The van der Waals surface area contributed by atoms with Crippen LogP contribution in [0, 0.1) is 6.92 Å². The first-order chi connectivity index (χ1) is 8.47. The molecule has 2 rings (SSSR count). The summed E-state index contributed by atoms with van der Waals surface area (Å²) in [7, 11) is -3.58. The van der Waals surface area contributed by atoms with E-state index in [1.54, 1.807) is 37.4 Å². The monoisotopic (exact) mass is 263 g/mol. The van der Waals surface area contributed by atoms with E-state index >= 15 is 0 Å². The molecule has 94 valence electrons. The summed E-state index contributed by atoms with van der Waals surface area (Å²) < 4.78 is 26.6. The Morgan fingerprint density at radius 3 is 2.44 bits per heavy atom. The minimum absolute atomic E-state index is 0.172. The van der Waals surface area contributed by atoms with Crippen LogP contribution >= 0.6 is 0 Å². The molecule has 2 aromatic rings. The highest BCUT2D eigenvalue weighted by Gasteiger charge is 2.13. The standard InChI is InChI=1S/C12H13N3O2S/c1-9-8-11(6-7-14-9)15-18(16,17)12-4-2-10(13)3-5-12/h2-8H,13H2,1H3,(H,14,15). The molecule has 0 amide bonds. The van der Waals surface area contributed by atoms with E-state index in [4.69, 9.17) is 5.73 Å². The number of hydrogen-bond acceptors (Lipinski definition) is 4. The number of nitrogens with zero attached hydrogens (tertiary/aromatic N) is 1. The van der Waals surface area contributed by atoms with Crippen molar-refractivity contribution in [2.75, 3.05) is 10.5 Å². The first-order valence-electron chi connectivity index (χ1n) is 5.28. The quantitative estimate of drug-likeness (QED) is 0.826. The van der Waals surface area contributed by atoms with E-state index in [1.165, 1.54) is 12.1 Å². The SMILES string of the molecule is Cc1cc(NS(=O)(=O)c2ccc(N)cc2)ccn1. The van der Waals surface area contributed by atoms with Crippen molar-refractivity contribution in [3.63, 3.8) is 0 Å². The molecular weight excluding hydrogens is 250 g/mol. The van der Waals surface area contributed by atoms with Gasteiger partial charge in [0.15, 0.2) is 0 Å². The zero-order valence-corrected chi connectivity index (χ0v) is 10.6. The number of nitrogens with one attached hydrogen (secondary N) is 1. The Kier molecular flexibility index (Phi) is 3.20. The summed E-state index contributed by atoms with van der Waals surface area (Å²) in [5.74, 6) is 0. The van der Waals surface area contributed by atoms with Gasteiger partial charge in [0.1, 0.15) is 0 Å². The van der Waals surface area contributed by atoms with Gasteiger partial charge in [0.25, 0.3) is 10.0 Å². The zero-order chi connectivity index (χ0) is 13.2. The molecule has 0 aliphatic rings. The Morgan fingerprint density at radius 2 is 1.83 bits per heavy atom. The van der Waals surface area contributed by atoms with Gasteiger partial charge in [0, 0.05) is 17.6 Å². The number of hydrogen-bond donors (Lipinski definition) is 2. The Morgan fingerprint density at radius 1 is 1.17 bits per heavy atom. The molecule has 0 aliphatic carbocycles. The first kappa shape index (κ1) is 12.4. The Balaban J connectivity index is 2.30. The molecule has 0 radical (unpaired) electrons. The van der Waals surface area contributed by atoms with E-state index < -0.39 is 10.0 Å². The maximum Gasteiger partial charge on any atom is 0.261 e. The van der Waals surface area contributed by atoms with E-state index in [1.807, 2.05) is 0 Å². The van der Waals surface area contributed by atoms with Gasteiger partial charge in [0.05, 0.1) is 10.6 Å². The summed E-state index contributed by atoms with van der Waals surface area (Å²) >= 11 is 0. The molecule has 0 fully saturated rings. The molecule has 0 saturated heterocycles. The number of pyridine rings is 1. The van der Waals surface area contributed by atoms with E-state index in [0.717, 1.165) is 5.69 Å². The van der Waals surface area contributed by atoms with E-state index in [9.17, 15) is 8.42 Å². The van der Waals surface area contributed by atoms with Gasteiger partial charge in [-0.2, -0.15) is 0 Å². The summed E-state index contributed by atoms with van der Waals surface area (Å²) in [4.78, 5) is 4.18. The maximum absolute atomic E-state index is 12.1. The smallest absolute Gasteiger partial charge is 0.261 e. The first-order valence-corrected chi connectivity index (χ1v) is 6.77. The molecule has 18 heavy (non-hydrogen) atoms. The third-order valence-electron chi connectivity index (χ3n) is 2.34. The topological polar surface area (TPSA) is 85.1 Å². The minimum atomic E-state index is -3.58. The molecule has 3 N–H and O–H groups in total. The molecule has 1 aromatic heterocycles. The number of nitrogen functional groups attached to an aromatic ring is 1. The number of nitrogens with two attached hydrogens (primary N) is 1. The highest BCUT2D eigenvalue weighted by molar-refractivity contribution is 7.92. The zero-order valence-electron chi connectivity index (χ0n) is 9.79. The van der Waals surface area contributed by atoms with Crippen LogP contribution in [0.2, 0.25) is 0 Å². The van der Waals surface area contributed by atoms with Crippen LogP contribution in [0.3, 0.4) is 0 Å². The van der Waals surface area contributed by atoms with Crippen molar-refractivity contribution in [1.29, 1.82) is 0 Å². The Hall–Kier alpha value is -2.08. The van der Waals surface area contributed by atoms with Gasteiger partial charge < -0.3 is 5.73 Å². The highest BCUT2D eigenvalue weighted by Crippen LogP contribution is 2.17. The third kappa shape index (κ3) is 2.78. The molecule has 0 unspecified atom stereocenters. The molecule has 1 heterocycles. The van der Waals surface area contributed by atoms with E-state index in [0.29, 0.717) is 11.4 Å². The summed E-state index contributed by atoms with van der Waals surface area (Å²) in [6.07, 6.45) is 1.55. The average molecular weight is 263 g/mol. The van der Waals surface area contributed by atoms with Crippen molar-refractivity contribution in [3.05, 3.63) is 48.3 Å². The highest BCUT2D eigenvalue weighted by atomic mass is 32.2. The Labute approximate surface area is 106 Å². The molecular formula is C12H13N3O2S. The fourth-order valence-corrected chi connectivity index (χ4v) is 2.52. The second-order valence-corrected chi connectivity index (χ2v) is 5.54. The lowest BCUT2D eigenvalue weighted by molar-refractivity contribution is 0.601. The lowest BCUT2D eigenvalue weighted by atomic mass is 10.3. The number of sulfonamides is 1. The van der Waals surface area contributed by atoms with Crippen LogP contribution in [0.4, 0.5) is 11.4 Å². The van der Waals surface area contributed by atoms with Crippen molar-refractivity contribution in [3.8, 4) is 0 Å². The number of aromatic nitrogens is 1. The van der Waals surface area contributed by atoms with Crippen LogP contribution in [0.1, 0.15) is 5.69 Å². The minimum Gasteiger partial charge on any atom is -0.399 e. The summed E-state index contributed by atoms with van der Waals surface area (Å²) in [6, 6.07) is 9.28. The maximum atomic E-state index is 12.1. The van der Waals surface area contributed by atoms with Gasteiger partial charge in [-0.1, -0.05) is 0 Å². The van der Waals surface area contributed by atoms with Crippen molar-refractivity contribution < 1.29 is 8.42 Å². The number of rotatable bonds is 3. The van der Waals surface area contributed by atoms with Gasteiger partial charge in [-0.15, -0.1) is 0 Å². The van der Waals surface area contributed by atoms with E-state index in [2.05, 4.69) is 9.71 Å². The molecule has 0 aliphatic heterocycles. The molecule has 6 heteroatoms. The van der Waals surface area contributed by atoms with Gasteiger partial charge in [-0.25, -0.2) is 8.42 Å². The largest absolute Gasteiger partial charge is 0.399 e. The van der Waals surface area contributed by atoms with Crippen LogP contribution in [-0.2, 0) is 10.0 Å². The lowest BCUT2D eigenvalue weighted by Gasteiger charge is -2.08. The fraction of sp³-hybridized carbons (Fsp3) is 0.0833. The van der Waals surface area contributed by atoms with Crippen molar-refractivity contribution in [1.82, 2.24) is 4.98 Å². The molecule has 0 bridgehead atoms. The lowest BCUT2D eigenvalue weighted by Crippen LogP contribution is -2.13. The predicted molar refractivity (Wildman–Crippen MR) is 70.6 cm³/mol. The summed E-state index contributed by atoms with van der Waals surface area (Å²) in [6.45, 7) is 1.79. The number of aryl methyl sites for hydroxylation is 1. The number of benzene rings is 1. The Bertz CT molecular complexity index is 651. The van der Waals surface area contributed by atoms with Gasteiger partial charge in [0.2, 0.25) is 0 Å². The fourth-order valence-electron chi connectivity index (χ4n) is 1.47. The summed E-state index contributed by atoms with van der Waals surface area (Å²) in [5.41, 5.74) is 7.27. The molecule has 1 aromatic carbocycles. The van der Waals surface area contributed by atoms with Gasteiger partial charge in [-0.05, 0) is 43.3 Å². The van der Waals surface area contributed by atoms with Crippen molar-refractivity contribution in [2.24, 2.45) is 0 Å². The number of anilines is 2. The predicted octanol–water partition coefficient (Wildman–Crippen LogP) is 1.77. The van der Waals surface area contributed by atoms with Crippen LogP contribution in [0.5, 0.6) is 0 Å². The normalized spacial score (nSPS) is 11.2. The van der Waals surface area contributed by atoms with Gasteiger partial charge in [-0.3, -0.25) is 9.71 Å². The van der Waals surface area contributed by atoms with Crippen LogP contribution in [-0.4, -0.2) is 13.4 Å². The second-order valence-electron chi connectivity index (χ2n) is 3.86. The van der Waals surface area contributed by atoms with Crippen LogP contribution in [0.25, 0.3) is 0 Å². The van der Waals surface area contributed by atoms with Crippen molar-refractivity contribution in [2.45, 2.75) is 11.8 Å². The van der Waals surface area contributed by atoms with E-state index in [-0.39, 0.29) is 4.90 Å². The molecule has 0 saturated carbocycles.